The molecular weight excluding hydrogens is 262 g/mol. The fourth-order valence-electron chi connectivity index (χ4n) is 1.31. The van der Waals surface area contributed by atoms with Crippen molar-refractivity contribution in [3.05, 3.63) is 35.4 Å². The fraction of sp³-hybridized carbons (Fsp3) is 0.500. The SMILES string of the molecule is CC(C)c1[c-]c(CN(C)C)ccc1.[Br-].[Mg+2]. The topological polar surface area (TPSA) is 3.24 Å². The number of hydrogen-bond acceptors (Lipinski definition) is 1. The number of benzene rings is 1. The largest absolute Gasteiger partial charge is 2.00 e. The van der Waals surface area contributed by atoms with E-state index < -0.39 is 0 Å². The summed E-state index contributed by atoms with van der Waals surface area (Å²) in [7, 11) is 4.16. The van der Waals surface area contributed by atoms with Gasteiger partial charge in [0, 0.05) is 6.54 Å². The molecule has 0 aliphatic heterocycles. The van der Waals surface area contributed by atoms with Crippen LogP contribution in [-0.4, -0.2) is 42.0 Å². The molecule has 0 saturated heterocycles. The Morgan fingerprint density at radius 1 is 1.27 bits per heavy atom. The molecule has 1 aromatic carbocycles. The molecule has 1 nitrogen and oxygen atoms in total. The van der Waals surface area contributed by atoms with Crippen LogP contribution in [0.1, 0.15) is 30.9 Å². The van der Waals surface area contributed by atoms with Crippen LogP contribution in [0.5, 0.6) is 0 Å². The molecule has 0 aliphatic rings. The molecule has 0 bridgehead atoms. The van der Waals surface area contributed by atoms with Crippen LogP contribution in [0.4, 0.5) is 0 Å². The van der Waals surface area contributed by atoms with Gasteiger partial charge in [-0.05, 0) is 20.0 Å². The fourth-order valence-corrected chi connectivity index (χ4v) is 1.31. The van der Waals surface area contributed by atoms with Crippen LogP contribution >= 0.6 is 0 Å². The molecule has 0 fully saturated rings. The molecule has 3 heteroatoms. The molecular formula is C12H18BrMgN. The van der Waals surface area contributed by atoms with E-state index in [0.29, 0.717) is 5.92 Å². The summed E-state index contributed by atoms with van der Waals surface area (Å²) in [5.41, 5.74) is 2.58. The molecule has 80 valence electrons. The Bertz CT molecular complexity index is 274. The molecule has 0 radical (unpaired) electrons. The van der Waals surface area contributed by atoms with E-state index in [1.807, 2.05) is 0 Å². The van der Waals surface area contributed by atoms with Gasteiger partial charge in [0.15, 0.2) is 0 Å². The summed E-state index contributed by atoms with van der Waals surface area (Å²) in [6.07, 6.45) is 0. The van der Waals surface area contributed by atoms with Crippen molar-refractivity contribution in [3.8, 4) is 0 Å². The molecule has 0 aliphatic carbocycles. The van der Waals surface area contributed by atoms with E-state index in [1.54, 1.807) is 0 Å². The monoisotopic (exact) mass is 279 g/mol. The summed E-state index contributed by atoms with van der Waals surface area (Å²) < 4.78 is 0. The average molecular weight is 280 g/mol. The summed E-state index contributed by atoms with van der Waals surface area (Å²) >= 11 is 0. The van der Waals surface area contributed by atoms with E-state index in [2.05, 4.69) is 57.1 Å². The maximum Gasteiger partial charge on any atom is 2.00 e. The number of rotatable bonds is 3. The Morgan fingerprint density at radius 2 is 1.87 bits per heavy atom. The van der Waals surface area contributed by atoms with Gasteiger partial charge in [-0.1, -0.05) is 13.8 Å². The van der Waals surface area contributed by atoms with Gasteiger partial charge < -0.3 is 21.9 Å². The minimum absolute atomic E-state index is 0. The normalized spacial score (nSPS) is 9.73. The van der Waals surface area contributed by atoms with Crippen LogP contribution in [-0.2, 0) is 6.54 Å². The first kappa shape index (κ1) is 17.8. The summed E-state index contributed by atoms with van der Waals surface area (Å²) in [6, 6.07) is 9.82. The van der Waals surface area contributed by atoms with Crippen molar-refractivity contribution < 1.29 is 17.0 Å². The predicted octanol–water partition coefficient (Wildman–Crippen LogP) is -0.705. The Morgan fingerprint density at radius 3 is 2.33 bits per heavy atom. The van der Waals surface area contributed by atoms with Crippen LogP contribution in [0.3, 0.4) is 0 Å². The Kier molecular flexibility index (Phi) is 10.2. The van der Waals surface area contributed by atoms with E-state index in [0.717, 1.165) is 6.54 Å². The Balaban J connectivity index is 0. The van der Waals surface area contributed by atoms with Gasteiger partial charge in [0.25, 0.3) is 0 Å². The number of nitrogens with zero attached hydrogens (tertiary/aromatic N) is 1. The Hall–Kier alpha value is 0.426. The first-order chi connectivity index (χ1) is 6.09. The third-order valence-electron chi connectivity index (χ3n) is 1.99. The zero-order valence-corrected chi connectivity index (χ0v) is 13.0. The first-order valence-electron chi connectivity index (χ1n) is 4.75. The molecule has 0 spiro atoms. The van der Waals surface area contributed by atoms with Gasteiger partial charge in [0.2, 0.25) is 0 Å². The predicted molar refractivity (Wildman–Crippen MR) is 62.5 cm³/mol. The van der Waals surface area contributed by atoms with Crippen LogP contribution in [0.15, 0.2) is 18.2 Å². The molecule has 0 heterocycles. The van der Waals surface area contributed by atoms with E-state index in [9.17, 15) is 0 Å². The number of hydrogen-bond donors (Lipinski definition) is 0. The third-order valence-corrected chi connectivity index (χ3v) is 1.99. The van der Waals surface area contributed by atoms with Crippen molar-refractivity contribution in [2.45, 2.75) is 26.3 Å². The van der Waals surface area contributed by atoms with Crippen LogP contribution in [0, 0.1) is 6.07 Å². The van der Waals surface area contributed by atoms with Crippen molar-refractivity contribution in [2.75, 3.05) is 14.1 Å². The van der Waals surface area contributed by atoms with Crippen LogP contribution in [0.25, 0.3) is 0 Å². The standard InChI is InChI=1S/C12H18N.BrH.Mg/c1-10(2)12-7-5-6-11(8-12)9-13(3)4;;/h5-7,10H,9H2,1-4H3;1H;/q-1;;+2/p-1. The van der Waals surface area contributed by atoms with Crippen molar-refractivity contribution in [2.24, 2.45) is 0 Å². The van der Waals surface area contributed by atoms with Gasteiger partial charge >= 0.3 is 23.1 Å². The molecule has 1 aromatic rings. The van der Waals surface area contributed by atoms with E-state index >= 15 is 0 Å². The minimum atomic E-state index is 0. The van der Waals surface area contributed by atoms with Gasteiger partial charge in [-0.15, -0.1) is 5.56 Å². The molecule has 0 unspecified atom stereocenters. The summed E-state index contributed by atoms with van der Waals surface area (Å²) in [5.74, 6) is 0.571. The van der Waals surface area contributed by atoms with Gasteiger partial charge in [-0.3, -0.25) is 0 Å². The summed E-state index contributed by atoms with van der Waals surface area (Å²) in [5, 5.41) is 0. The smallest absolute Gasteiger partial charge is 1.00 e. The van der Waals surface area contributed by atoms with Crippen molar-refractivity contribution in [1.29, 1.82) is 0 Å². The van der Waals surface area contributed by atoms with E-state index in [4.69, 9.17) is 0 Å². The second kappa shape index (κ2) is 8.56. The van der Waals surface area contributed by atoms with Crippen molar-refractivity contribution in [1.82, 2.24) is 4.90 Å². The molecule has 0 amide bonds. The Labute approximate surface area is 120 Å². The molecule has 0 saturated carbocycles. The quantitative estimate of drug-likeness (QED) is 0.523. The van der Waals surface area contributed by atoms with Gasteiger partial charge in [0.1, 0.15) is 0 Å². The molecule has 0 atom stereocenters. The molecule has 1 rings (SSSR count). The maximum absolute atomic E-state index is 3.43. The summed E-state index contributed by atoms with van der Waals surface area (Å²) in [6.45, 7) is 5.37. The van der Waals surface area contributed by atoms with Gasteiger partial charge in [0.05, 0.1) is 0 Å². The van der Waals surface area contributed by atoms with Gasteiger partial charge in [-0.25, -0.2) is 0 Å². The zero-order chi connectivity index (χ0) is 9.84. The third kappa shape index (κ3) is 6.56. The van der Waals surface area contributed by atoms with Crippen molar-refractivity contribution >= 4 is 23.1 Å². The average Bonchev–Trinajstić information content (AvgIpc) is 2.03. The molecule has 0 aromatic heterocycles. The van der Waals surface area contributed by atoms with E-state index in [1.165, 1.54) is 11.1 Å². The summed E-state index contributed by atoms with van der Waals surface area (Å²) in [4.78, 5) is 2.16. The van der Waals surface area contributed by atoms with Crippen molar-refractivity contribution in [3.63, 3.8) is 0 Å². The van der Waals surface area contributed by atoms with E-state index in [-0.39, 0.29) is 40.0 Å². The second-order valence-electron chi connectivity index (χ2n) is 4.02. The number of halogens is 1. The maximum atomic E-state index is 3.43. The van der Waals surface area contributed by atoms with Crippen LogP contribution < -0.4 is 17.0 Å². The first-order valence-corrected chi connectivity index (χ1v) is 4.75. The van der Waals surface area contributed by atoms with Gasteiger partial charge in [-0.2, -0.15) is 29.8 Å². The molecule has 0 N–H and O–H groups in total. The molecule has 15 heavy (non-hydrogen) atoms. The van der Waals surface area contributed by atoms with Crippen LogP contribution in [0.2, 0.25) is 0 Å². The second-order valence-corrected chi connectivity index (χ2v) is 4.02. The minimum Gasteiger partial charge on any atom is -1.00 e. The zero-order valence-electron chi connectivity index (χ0n) is 10.0.